The fourth-order valence-electron chi connectivity index (χ4n) is 2.53. The van der Waals surface area contributed by atoms with Gasteiger partial charge >= 0.3 is 0 Å². The van der Waals surface area contributed by atoms with Crippen molar-refractivity contribution in [2.75, 3.05) is 6.54 Å². The molecule has 1 aromatic carbocycles. The average Bonchev–Trinajstić information content (AvgIpc) is 2.74. The van der Waals surface area contributed by atoms with Crippen molar-refractivity contribution in [3.63, 3.8) is 0 Å². The van der Waals surface area contributed by atoms with Crippen LogP contribution in [-0.4, -0.2) is 23.3 Å². The molecule has 18 heavy (non-hydrogen) atoms. The molecule has 96 valence electrons. The van der Waals surface area contributed by atoms with Crippen LogP contribution in [-0.2, 0) is 9.59 Å². The third kappa shape index (κ3) is 2.37. The second kappa shape index (κ2) is 5.21. The largest absolute Gasteiger partial charge is 0.369 e. The molecule has 1 aliphatic rings. The average molecular weight is 246 g/mol. The molecule has 1 aromatic rings. The van der Waals surface area contributed by atoms with Crippen molar-refractivity contribution in [1.82, 2.24) is 4.90 Å². The maximum absolute atomic E-state index is 12.0. The van der Waals surface area contributed by atoms with Gasteiger partial charge in [0.05, 0.1) is 12.0 Å². The molecular weight excluding hydrogens is 228 g/mol. The summed E-state index contributed by atoms with van der Waals surface area (Å²) in [5, 5.41) is 0. The lowest BCUT2D eigenvalue weighted by atomic mass is 10.0. The maximum Gasteiger partial charge on any atom is 0.223 e. The fraction of sp³-hybridized carbons (Fsp3) is 0.429. The fourth-order valence-corrected chi connectivity index (χ4v) is 2.53. The first-order chi connectivity index (χ1) is 8.63. The lowest BCUT2D eigenvalue weighted by Gasteiger charge is -2.27. The Balaban J connectivity index is 2.19. The second-order valence-electron chi connectivity index (χ2n) is 4.68. The monoisotopic (exact) mass is 246 g/mol. The molecule has 0 aromatic heterocycles. The van der Waals surface area contributed by atoms with Crippen LogP contribution in [0.4, 0.5) is 0 Å². The van der Waals surface area contributed by atoms with Gasteiger partial charge in [0.15, 0.2) is 0 Å². The van der Waals surface area contributed by atoms with E-state index in [9.17, 15) is 9.59 Å². The summed E-state index contributed by atoms with van der Waals surface area (Å²) in [7, 11) is 0. The highest BCUT2D eigenvalue weighted by Gasteiger charge is 2.36. The first-order valence-corrected chi connectivity index (χ1v) is 6.27. The van der Waals surface area contributed by atoms with Crippen LogP contribution in [0.15, 0.2) is 30.3 Å². The smallest absolute Gasteiger partial charge is 0.223 e. The molecule has 0 saturated carbocycles. The Kier molecular flexibility index (Phi) is 3.65. The molecule has 1 heterocycles. The van der Waals surface area contributed by atoms with Crippen LogP contribution in [0, 0.1) is 5.92 Å². The van der Waals surface area contributed by atoms with Crippen molar-refractivity contribution in [2.24, 2.45) is 11.7 Å². The van der Waals surface area contributed by atoms with Gasteiger partial charge in [-0.3, -0.25) is 9.59 Å². The third-order valence-corrected chi connectivity index (χ3v) is 3.51. The number of benzene rings is 1. The summed E-state index contributed by atoms with van der Waals surface area (Å²) in [6, 6.07) is 9.95. The lowest BCUT2D eigenvalue weighted by Crippen LogP contribution is -2.31. The van der Waals surface area contributed by atoms with Crippen LogP contribution in [0.2, 0.25) is 0 Å². The zero-order valence-corrected chi connectivity index (χ0v) is 10.5. The van der Waals surface area contributed by atoms with Crippen molar-refractivity contribution in [3.05, 3.63) is 35.9 Å². The Hall–Kier alpha value is -1.84. The SMILES string of the molecule is CC[C@@H](c1ccccc1)N1CC(C(N)=O)CC1=O. The van der Waals surface area contributed by atoms with Crippen molar-refractivity contribution >= 4 is 11.8 Å². The van der Waals surface area contributed by atoms with Crippen LogP contribution in [0.3, 0.4) is 0 Å². The molecule has 2 rings (SSSR count). The van der Waals surface area contributed by atoms with E-state index in [-0.39, 0.29) is 30.2 Å². The second-order valence-corrected chi connectivity index (χ2v) is 4.68. The van der Waals surface area contributed by atoms with Gasteiger partial charge in [-0.15, -0.1) is 0 Å². The molecule has 2 atom stereocenters. The Bertz CT molecular complexity index is 444. The van der Waals surface area contributed by atoms with Crippen LogP contribution in [0.25, 0.3) is 0 Å². The van der Waals surface area contributed by atoms with E-state index in [0.717, 1.165) is 12.0 Å². The van der Waals surface area contributed by atoms with Gasteiger partial charge in [-0.1, -0.05) is 37.3 Å². The Labute approximate surface area is 107 Å². The molecule has 1 aliphatic heterocycles. The molecular formula is C14H18N2O2. The Morgan fingerprint density at radius 2 is 2.11 bits per heavy atom. The van der Waals surface area contributed by atoms with Gasteiger partial charge in [0.2, 0.25) is 11.8 Å². The number of primary amides is 1. The number of hydrogen-bond donors (Lipinski definition) is 1. The molecule has 0 radical (unpaired) electrons. The zero-order chi connectivity index (χ0) is 13.1. The van der Waals surface area contributed by atoms with E-state index in [2.05, 4.69) is 0 Å². The maximum atomic E-state index is 12.0. The number of carbonyl (C=O) groups is 2. The number of likely N-dealkylation sites (tertiary alicyclic amines) is 1. The topological polar surface area (TPSA) is 63.4 Å². The summed E-state index contributed by atoms with van der Waals surface area (Å²) >= 11 is 0. The quantitative estimate of drug-likeness (QED) is 0.874. The summed E-state index contributed by atoms with van der Waals surface area (Å²) < 4.78 is 0. The first kappa shape index (κ1) is 12.6. The van der Waals surface area contributed by atoms with Crippen LogP contribution >= 0.6 is 0 Å². The van der Waals surface area contributed by atoms with Crippen molar-refractivity contribution in [3.8, 4) is 0 Å². The van der Waals surface area contributed by atoms with Gasteiger partial charge in [-0.25, -0.2) is 0 Å². The van der Waals surface area contributed by atoms with Crippen LogP contribution in [0.5, 0.6) is 0 Å². The molecule has 2 amide bonds. The highest BCUT2D eigenvalue weighted by molar-refractivity contribution is 5.88. The minimum absolute atomic E-state index is 0.0227. The Morgan fingerprint density at radius 3 is 2.61 bits per heavy atom. The molecule has 0 bridgehead atoms. The number of carbonyl (C=O) groups excluding carboxylic acids is 2. The predicted molar refractivity (Wildman–Crippen MR) is 68.5 cm³/mol. The highest BCUT2D eigenvalue weighted by Crippen LogP contribution is 2.30. The van der Waals surface area contributed by atoms with E-state index in [1.807, 2.05) is 37.3 Å². The van der Waals surface area contributed by atoms with Gasteiger partial charge in [-0.05, 0) is 12.0 Å². The summed E-state index contributed by atoms with van der Waals surface area (Å²) in [4.78, 5) is 24.9. The van der Waals surface area contributed by atoms with E-state index in [0.29, 0.717) is 6.54 Å². The normalized spacial score (nSPS) is 21.1. The van der Waals surface area contributed by atoms with Gasteiger partial charge in [0, 0.05) is 13.0 Å². The number of nitrogens with two attached hydrogens (primary N) is 1. The summed E-state index contributed by atoms with van der Waals surface area (Å²) in [5.74, 6) is -0.696. The highest BCUT2D eigenvalue weighted by atomic mass is 16.2. The minimum Gasteiger partial charge on any atom is -0.369 e. The van der Waals surface area contributed by atoms with Gasteiger partial charge in [0.25, 0.3) is 0 Å². The summed E-state index contributed by atoms with van der Waals surface area (Å²) in [5.41, 5.74) is 6.39. The number of hydrogen-bond acceptors (Lipinski definition) is 2. The molecule has 4 heteroatoms. The lowest BCUT2D eigenvalue weighted by molar-refractivity contribution is -0.130. The molecule has 0 aliphatic carbocycles. The standard InChI is InChI=1S/C14H18N2O2/c1-2-12(10-6-4-3-5-7-10)16-9-11(14(15)18)8-13(16)17/h3-7,11-12H,2,8-9H2,1H3,(H2,15,18)/t11?,12-/m0/s1. The van der Waals surface area contributed by atoms with Crippen molar-refractivity contribution < 1.29 is 9.59 Å². The van der Waals surface area contributed by atoms with E-state index in [1.54, 1.807) is 4.90 Å². The van der Waals surface area contributed by atoms with Crippen LogP contribution in [0.1, 0.15) is 31.4 Å². The third-order valence-electron chi connectivity index (χ3n) is 3.51. The summed E-state index contributed by atoms with van der Waals surface area (Å²) in [6.45, 7) is 2.49. The van der Waals surface area contributed by atoms with Crippen molar-refractivity contribution in [2.45, 2.75) is 25.8 Å². The first-order valence-electron chi connectivity index (χ1n) is 6.27. The molecule has 1 fully saturated rings. The summed E-state index contributed by atoms with van der Waals surface area (Å²) in [6.07, 6.45) is 1.08. The number of amides is 2. The Morgan fingerprint density at radius 1 is 1.44 bits per heavy atom. The molecule has 4 nitrogen and oxygen atoms in total. The van der Waals surface area contributed by atoms with E-state index in [4.69, 9.17) is 5.73 Å². The predicted octanol–water partition coefficient (Wildman–Crippen LogP) is 1.47. The van der Waals surface area contributed by atoms with E-state index < -0.39 is 0 Å². The van der Waals surface area contributed by atoms with Crippen molar-refractivity contribution in [1.29, 1.82) is 0 Å². The zero-order valence-electron chi connectivity index (χ0n) is 10.5. The minimum atomic E-state index is -0.381. The molecule has 0 spiro atoms. The van der Waals surface area contributed by atoms with Gasteiger partial charge < -0.3 is 10.6 Å². The molecule has 1 saturated heterocycles. The van der Waals surface area contributed by atoms with Gasteiger partial charge in [-0.2, -0.15) is 0 Å². The number of rotatable bonds is 4. The molecule has 1 unspecified atom stereocenters. The van der Waals surface area contributed by atoms with E-state index in [1.165, 1.54) is 0 Å². The van der Waals surface area contributed by atoms with Crippen LogP contribution < -0.4 is 5.73 Å². The number of nitrogens with zero attached hydrogens (tertiary/aromatic N) is 1. The molecule has 2 N–H and O–H groups in total. The van der Waals surface area contributed by atoms with Gasteiger partial charge in [0.1, 0.15) is 0 Å². The van der Waals surface area contributed by atoms with E-state index >= 15 is 0 Å².